The van der Waals surface area contributed by atoms with Gasteiger partial charge < -0.3 is 15.1 Å². The van der Waals surface area contributed by atoms with Crippen LogP contribution in [0.25, 0.3) is 27.9 Å². The van der Waals surface area contributed by atoms with E-state index in [1.165, 1.54) is 0 Å². The van der Waals surface area contributed by atoms with E-state index in [0.717, 1.165) is 58.0 Å². The molecule has 9 heteroatoms. The molecule has 1 fully saturated rings. The first-order valence-electron chi connectivity index (χ1n) is 12.8. The summed E-state index contributed by atoms with van der Waals surface area (Å²) >= 11 is 6.33. The molecular formula is C29H28ClN7O. The van der Waals surface area contributed by atoms with Gasteiger partial charge in [0.05, 0.1) is 5.52 Å². The molecule has 0 spiro atoms. The molecule has 0 bridgehead atoms. The third-order valence-electron chi connectivity index (χ3n) is 6.91. The van der Waals surface area contributed by atoms with Crippen molar-refractivity contribution in [2.24, 2.45) is 0 Å². The fourth-order valence-electron chi connectivity index (χ4n) is 4.98. The molecule has 2 amide bonds. The van der Waals surface area contributed by atoms with Crippen molar-refractivity contribution in [3.63, 3.8) is 0 Å². The van der Waals surface area contributed by atoms with Crippen molar-refractivity contribution in [3.05, 3.63) is 88.9 Å². The molecule has 0 unspecified atom stereocenters. The van der Waals surface area contributed by atoms with Gasteiger partial charge in [0.2, 0.25) is 5.95 Å². The minimum atomic E-state index is -0.0520. The second kappa shape index (κ2) is 10.3. The lowest BCUT2D eigenvalue weighted by Crippen LogP contribution is -2.42. The molecule has 2 aromatic heterocycles. The largest absolute Gasteiger partial charge is 0.340 e. The highest BCUT2D eigenvalue weighted by atomic mass is 35.5. The summed E-state index contributed by atoms with van der Waals surface area (Å²) in [5.41, 5.74) is 4.71. The third kappa shape index (κ3) is 4.75. The summed E-state index contributed by atoms with van der Waals surface area (Å²) in [5.74, 6) is 1.49. The second-order valence-electron chi connectivity index (χ2n) is 9.60. The lowest BCUT2D eigenvalue weighted by atomic mass is 10.1. The van der Waals surface area contributed by atoms with Crippen LogP contribution in [0.4, 0.5) is 10.7 Å². The van der Waals surface area contributed by atoms with E-state index in [2.05, 4.69) is 39.5 Å². The number of rotatable bonds is 4. The number of hydrogen-bond acceptors (Lipinski definition) is 5. The molecule has 8 nitrogen and oxygen atoms in total. The quantitative estimate of drug-likeness (QED) is 0.343. The van der Waals surface area contributed by atoms with Gasteiger partial charge in [-0.25, -0.2) is 14.2 Å². The van der Waals surface area contributed by atoms with Gasteiger partial charge in [-0.15, -0.1) is 10.2 Å². The number of carbonyl (C=O) groups is 1. The zero-order chi connectivity index (χ0) is 26.1. The first-order chi connectivity index (χ1) is 18.6. The Labute approximate surface area is 225 Å². The van der Waals surface area contributed by atoms with Crippen LogP contribution in [-0.4, -0.2) is 56.7 Å². The van der Waals surface area contributed by atoms with Crippen LogP contribution in [0.5, 0.6) is 0 Å². The van der Waals surface area contributed by atoms with Crippen LogP contribution in [0.1, 0.15) is 17.5 Å². The smallest absolute Gasteiger partial charge is 0.317 e. The zero-order valence-corrected chi connectivity index (χ0v) is 21.9. The van der Waals surface area contributed by atoms with E-state index < -0.39 is 0 Å². The Hall–Kier alpha value is -4.17. The maximum absolute atomic E-state index is 13.0. The highest BCUT2D eigenvalue weighted by Crippen LogP contribution is 2.30. The summed E-state index contributed by atoms with van der Waals surface area (Å²) in [6.07, 6.45) is 0.817. The van der Waals surface area contributed by atoms with Crippen molar-refractivity contribution in [2.75, 3.05) is 31.1 Å². The van der Waals surface area contributed by atoms with Crippen molar-refractivity contribution in [1.29, 1.82) is 0 Å². The first kappa shape index (κ1) is 24.2. The van der Waals surface area contributed by atoms with Crippen LogP contribution in [0.15, 0.2) is 72.8 Å². The molecular weight excluding hydrogens is 498 g/mol. The number of aromatic nitrogens is 4. The number of carbonyl (C=O) groups excluding carboxylic acids is 1. The number of anilines is 1. The normalized spacial score (nSPS) is 14.2. The third-order valence-corrected chi connectivity index (χ3v) is 7.15. The lowest BCUT2D eigenvalue weighted by Gasteiger charge is -2.24. The molecule has 0 aliphatic carbocycles. The fourth-order valence-corrected chi connectivity index (χ4v) is 5.15. The Balaban J connectivity index is 1.33. The van der Waals surface area contributed by atoms with E-state index >= 15 is 0 Å². The fraction of sp³-hybridized carbons (Fsp3) is 0.241. The van der Waals surface area contributed by atoms with Crippen LogP contribution < -0.4 is 10.2 Å². The number of amides is 2. The van der Waals surface area contributed by atoms with E-state index in [4.69, 9.17) is 16.6 Å². The predicted octanol–water partition coefficient (Wildman–Crippen LogP) is 5.33. The summed E-state index contributed by atoms with van der Waals surface area (Å²) in [4.78, 5) is 22.1. The zero-order valence-electron chi connectivity index (χ0n) is 21.1. The van der Waals surface area contributed by atoms with Gasteiger partial charge in [-0.05, 0) is 43.2 Å². The van der Waals surface area contributed by atoms with Crippen molar-refractivity contribution in [2.45, 2.75) is 19.9 Å². The van der Waals surface area contributed by atoms with Crippen molar-refractivity contribution in [3.8, 4) is 11.4 Å². The maximum atomic E-state index is 13.0. The molecule has 38 heavy (non-hydrogen) atoms. The van der Waals surface area contributed by atoms with Crippen molar-refractivity contribution in [1.82, 2.24) is 29.8 Å². The molecule has 0 saturated carbocycles. The number of urea groups is 1. The van der Waals surface area contributed by atoms with Gasteiger partial charge in [-0.1, -0.05) is 65.7 Å². The van der Waals surface area contributed by atoms with Gasteiger partial charge in [0, 0.05) is 48.7 Å². The van der Waals surface area contributed by atoms with E-state index in [1.54, 1.807) is 0 Å². The summed E-state index contributed by atoms with van der Waals surface area (Å²) < 4.78 is 2.04. The van der Waals surface area contributed by atoms with Crippen molar-refractivity contribution >= 4 is 40.1 Å². The Morgan fingerprint density at radius 2 is 1.82 bits per heavy atom. The summed E-state index contributed by atoms with van der Waals surface area (Å²) in [7, 11) is 0. The van der Waals surface area contributed by atoms with Crippen LogP contribution >= 0.6 is 11.6 Å². The molecule has 6 rings (SSSR count). The Bertz CT molecular complexity index is 1620. The number of aryl methyl sites for hydroxylation is 1. The molecule has 0 radical (unpaired) electrons. The van der Waals surface area contributed by atoms with Gasteiger partial charge >= 0.3 is 6.03 Å². The predicted molar refractivity (Wildman–Crippen MR) is 151 cm³/mol. The minimum absolute atomic E-state index is 0.0520. The number of fused-ring (bicyclic) bond motifs is 3. The average Bonchev–Trinajstić information content (AvgIpc) is 3.23. The Kier molecular flexibility index (Phi) is 6.55. The molecule has 192 valence electrons. The van der Waals surface area contributed by atoms with Crippen LogP contribution in [0.3, 0.4) is 0 Å². The van der Waals surface area contributed by atoms with Gasteiger partial charge in [0.15, 0.2) is 11.5 Å². The van der Waals surface area contributed by atoms with E-state index in [-0.39, 0.29) is 6.03 Å². The van der Waals surface area contributed by atoms with E-state index in [9.17, 15) is 4.79 Å². The van der Waals surface area contributed by atoms with Gasteiger partial charge in [-0.3, -0.25) is 0 Å². The average molecular weight is 526 g/mol. The number of nitrogens with zero attached hydrogens (tertiary/aromatic N) is 6. The monoisotopic (exact) mass is 525 g/mol. The van der Waals surface area contributed by atoms with Crippen LogP contribution in [0.2, 0.25) is 5.02 Å². The number of hydrogen-bond donors (Lipinski definition) is 1. The molecule has 1 N–H and O–H groups in total. The standard InChI is InChI=1S/C29H28ClN7O/c1-20-7-5-10-22(17-20)26-33-34-27-24-12-11-23(30)18-25(24)32-28(37(26)27)35-13-6-14-36(16-15-35)29(38)31-19-21-8-3-2-4-9-21/h2-5,7-12,17-18H,6,13-16,19H2,1H3,(H,31,38). The Morgan fingerprint density at radius 3 is 2.66 bits per heavy atom. The van der Waals surface area contributed by atoms with Gasteiger partial charge in [0.1, 0.15) is 0 Å². The van der Waals surface area contributed by atoms with Gasteiger partial charge in [0.25, 0.3) is 0 Å². The minimum Gasteiger partial charge on any atom is -0.340 e. The highest BCUT2D eigenvalue weighted by molar-refractivity contribution is 6.31. The molecule has 1 aliphatic heterocycles. The topological polar surface area (TPSA) is 78.7 Å². The number of halogens is 1. The van der Waals surface area contributed by atoms with Crippen molar-refractivity contribution < 1.29 is 4.79 Å². The van der Waals surface area contributed by atoms with Crippen LogP contribution in [0, 0.1) is 6.92 Å². The molecule has 1 saturated heterocycles. The Morgan fingerprint density at radius 1 is 0.947 bits per heavy atom. The molecule has 3 aromatic carbocycles. The second-order valence-corrected chi connectivity index (χ2v) is 10.0. The van der Waals surface area contributed by atoms with E-state index in [1.807, 2.05) is 70.0 Å². The molecule has 5 aromatic rings. The lowest BCUT2D eigenvalue weighted by molar-refractivity contribution is 0.201. The van der Waals surface area contributed by atoms with Crippen LogP contribution in [-0.2, 0) is 6.54 Å². The first-order valence-corrected chi connectivity index (χ1v) is 13.2. The molecule has 3 heterocycles. The highest BCUT2D eigenvalue weighted by Gasteiger charge is 2.24. The molecule has 1 aliphatic rings. The number of benzene rings is 3. The maximum Gasteiger partial charge on any atom is 0.317 e. The van der Waals surface area contributed by atoms with Gasteiger partial charge in [-0.2, -0.15) is 0 Å². The van der Waals surface area contributed by atoms with E-state index in [0.29, 0.717) is 31.2 Å². The summed E-state index contributed by atoms with van der Waals surface area (Å²) in [5, 5.41) is 13.7. The SMILES string of the molecule is Cc1cccc(-c2nnc3c4ccc(Cl)cc4nc(N4CCCN(C(=O)NCc5ccccc5)CC4)n23)c1. The molecule has 0 atom stereocenters. The summed E-state index contributed by atoms with van der Waals surface area (Å²) in [6.45, 7) is 5.22. The number of nitrogens with one attached hydrogen (secondary N) is 1. The summed E-state index contributed by atoms with van der Waals surface area (Å²) in [6, 6.07) is 23.8.